The first-order chi connectivity index (χ1) is 10.8. The van der Waals surface area contributed by atoms with Crippen LogP contribution in [0.4, 0.5) is 0 Å². The standard InChI is InChI=1S/C15H14N4OS2/c20-15-11-7-19(6-10-8-21-9-16-10)4-3-12(11)17-14(18-15)13-2-1-5-22-13/h1-2,5,8-9H,3-4,6-7H2,(H,17,18,20). The number of nitrogens with zero attached hydrogens (tertiary/aromatic N) is 3. The van der Waals surface area contributed by atoms with E-state index in [4.69, 9.17) is 0 Å². The molecule has 0 radical (unpaired) electrons. The average molecular weight is 330 g/mol. The van der Waals surface area contributed by atoms with Crippen LogP contribution in [-0.2, 0) is 19.5 Å². The van der Waals surface area contributed by atoms with E-state index in [1.165, 1.54) is 0 Å². The zero-order valence-electron chi connectivity index (χ0n) is 11.8. The molecule has 0 saturated carbocycles. The molecule has 0 aromatic carbocycles. The fourth-order valence-electron chi connectivity index (χ4n) is 2.69. The summed E-state index contributed by atoms with van der Waals surface area (Å²) in [7, 11) is 0. The second kappa shape index (κ2) is 5.75. The monoisotopic (exact) mass is 330 g/mol. The molecule has 3 aromatic rings. The SMILES string of the molecule is O=c1[nH]c(-c2cccs2)nc2c1CN(Cc1cscn1)CC2. The van der Waals surface area contributed by atoms with Gasteiger partial charge in [-0.05, 0) is 11.4 Å². The van der Waals surface area contributed by atoms with Crippen molar-refractivity contribution in [3.05, 3.63) is 55.7 Å². The van der Waals surface area contributed by atoms with E-state index in [-0.39, 0.29) is 5.56 Å². The van der Waals surface area contributed by atoms with E-state index >= 15 is 0 Å². The van der Waals surface area contributed by atoms with E-state index in [2.05, 4.69) is 25.2 Å². The van der Waals surface area contributed by atoms with Gasteiger partial charge in [0.1, 0.15) is 0 Å². The molecule has 0 saturated heterocycles. The van der Waals surface area contributed by atoms with Crippen LogP contribution in [0.5, 0.6) is 0 Å². The lowest BCUT2D eigenvalue weighted by Crippen LogP contribution is -2.35. The Labute approximate surface area is 135 Å². The van der Waals surface area contributed by atoms with E-state index in [9.17, 15) is 4.79 Å². The first-order valence-corrected chi connectivity index (χ1v) is 8.87. The van der Waals surface area contributed by atoms with Crippen LogP contribution in [0.1, 0.15) is 17.0 Å². The molecule has 0 aliphatic carbocycles. The highest BCUT2D eigenvalue weighted by molar-refractivity contribution is 7.13. The maximum atomic E-state index is 12.4. The predicted molar refractivity (Wildman–Crippen MR) is 88.1 cm³/mol. The maximum Gasteiger partial charge on any atom is 0.255 e. The van der Waals surface area contributed by atoms with Crippen LogP contribution >= 0.6 is 22.7 Å². The Hall–Kier alpha value is -1.83. The van der Waals surface area contributed by atoms with Crippen molar-refractivity contribution in [1.29, 1.82) is 0 Å². The smallest absolute Gasteiger partial charge is 0.255 e. The third kappa shape index (κ3) is 2.63. The third-order valence-electron chi connectivity index (χ3n) is 3.77. The van der Waals surface area contributed by atoms with Gasteiger partial charge in [-0.25, -0.2) is 9.97 Å². The molecular weight excluding hydrogens is 316 g/mol. The van der Waals surface area contributed by atoms with Crippen LogP contribution in [0.3, 0.4) is 0 Å². The van der Waals surface area contributed by atoms with Crippen molar-refractivity contribution in [1.82, 2.24) is 19.9 Å². The van der Waals surface area contributed by atoms with E-state index in [1.807, 2.05) is 23.0 Å². The molecule has 7 heteroatoms. The minimum atomic E-state index is -0.0172. The minimum absolute atomic E-state index is 0.0172. The Bertz CT molecular complexity index is 824. The zero-order chi connectivity index (χ0) is 14.9. The zero-order valence-corrected chi connectivity index (χ0v) is 13.4. The molecule has 4 heterocycles. The van der Waals surface area contributed by atoms with Crippen LogP contribution in [0, 0.1) is 0 Å². The van der Waals surface area contributed by atoms with Crippen molar-refractivity contribution in [3.8, 4) is 10.7 Å². The van der Waals surface area contributed by atoms with Gasteiger partial charge in [0.25, 0.3) is 5.56 Å². The highest BCUT2D eigenvalue weighted by Crippen LogP contribution is 2.23. The number of thiophene rings is 1. The fraction of sp³-hybridized carbons (Fsp3) is 0.267. The molecule has 0 unspecified atom stereocenters. The largest absolute Gasteiger partial charge is 0.306 e. The van der Waals surface area contributed by atoms with Gasteiger partial charge in [0, 0.05) is 31.4 Å². The summed E-state index contributed by atoms with van der Waals surface area (Å²) in [5, 5.41) is 4.04. The van der Waals surface area contributed by atoms with Gasteiger partial charge in [0.15, 0.2) is 5.82 Å². The van der Waals surface area contributed by atoms with E-state index in [1.54, 1.807) is 22.7 Å². The summed E-state index contributed by atoms with van der Waals surface area (Å²) in [6, 6.07) is 3.95. The van der Waals surface area contributed by atoms with E-state index in [0.29, 0.717) is 12.4 Å². The molecule has 1 aliphatic rings. The number of hydrogen-bond acceptors (Lipinski definition) is 6. The molecule has 3 aromatic heterocycles. The lowest BCUT2D eigenvalue weighted by molar-refractivity contribution is 0.239. The number of fused-ring (bicyclic) bond motifs is 1. The molecule has 0 bridgehead atoms. The van der Waals surface area contributed by atoms with E-state index in [0.717, 1.165) is 41.3 Å². The van der Waals surface area contributed by atoms with Crippen LogP contribution in [0.25, 0.3) is 10.7 Å². The van der Waals surface area contributed by atoms with Crippen molar-refractivity contribution in [3.63, 3.8) is 0 Å². The number of rotatable bonds is 3. The van der Waals surface area contributed by atoms with Gasteiger partial charge >= 0.3 is 0 Å². The van der Waals surface area contributed by atoms with Gasteiger partial charge in [-0.1, -0.05) is 6.07 Å². The summed E-state index contributed by atoms with van der Waals surface area (Å²) in [6.07, 6.45) is 0.807. The first-order valence-electron chi connectivity index (χ1n) is 7.05. The summed E-state index contributed by atoms with van der Waals surface area (Å²) in [4.78, 5) is 27.5. The summed E-state index contributed by atoms with van der Waals surface area (Å²) < 4.78 is 0. The Morgan fingerprint density at radius 3 is 3.14 bits per heavy atom. The molecule has 22 heavy (non-hydrogen) atoms. The summed E-state index contributed by atoms with van der Waals surface area (Å²) >= 11 is 3.19. The second-order valence-corrected chi connectivity index (χ2v) is 6.92. The summed E-state index contributed by atoms with van der Waals surface area (Å²) in [6.45, 7) is 2.33. The van der Waals surface area contributed by atoms with Gasteiger partial charge in [-0.2, -0.15) is 0 Å². The molecule has 1 aliphatic heterocycles. The van der Waals surface area contributed by atoms with Crippen LogP contribution in [0.15, 0.2) is 33.2 Å². The highest BCUT2D eigenvalue weighted by atomic mass is 32.1. The number of aromatic amines is 1. The summed E-state index contributed by atoms with van der Waals surface area (Å²) in [5.41, 5.74) is 4.61. The number of aromatic nitrogens is 3. The molecule has 0 amide bonds. The first kappa shape index (κ1) is 13.8. The van der Waals surface area contributed by atoms with Crippen LogP contribution in [-0.4, -0.2) is 26.4 Å². The Balaban J connectivity index is 1.61. The average Bonchev–Trinajstić information content (AvgIpc) is 3.20. The second-order valence-electron chi connectivity index (χ2n) is 5.26. The predicted octanol–water partition coefficient (Wildman–Crippen LogP) is 2.51. The number of nitrogens with one attached hydrogen (secondary N) is 1. The Kier molecular flexibility index (Phi) is 3.61. The Morgan fingerprint density at radius 2 is 2.36 bits per heavy atom. The van der Waals surface area contributed by atoms with Crippen LogP contribution in [0.2, 0.25) is 0 Å². The molecule has 112 valence electrons. The fourth-order valence-corrected chi connectivity index (χ4v) is 3.91. The molecule has 4 rings (SSSR count). The topological polar surface area (TPSA) is 61.9 Å². The molecular formula is C15H14N4OS2. The van der Waals surface area contributed by atoms with Gasteiger partial charge in [0.05, 0.1) is 27.3 Å². The van der Waals surface area contributed by atoms with Crippen molar-refractivity contribution >= 4 is 22.7 Å². The van der Waals surface area contributed by atoms with Gasteiger partial charge < -0.3 is 4.98 Å². The number of H-pyrrole nitrogens is 1. The van der Waals surface area contributed by atoms with Crippen molar-refractivity contribution < 1.29 is 0 Å². The molecule has 1 N–H and O–H groups in total. The highest BCUT2D eigenvalue weighted by Gasteiger charge is 2.22. The van der Waals surface area contributed by atoms with Crippen molar-refractivity contribution in [2.75, 3.05) is 6.54 Å². The molecule has 0 fully saturated rings. The lowest BCUT2D eigenvalue weighted by Gasteiger charge is -2.26. The molecule has 0 spiro atoms. The maximum absolute atomic E-state index is 12.4. The van der Waals surface area contributed by atoms with Crippen molar-refractivity contribution in [2.24, 2.45) is 0 Å². The third-order valence-corrected chi connectivity index (χ3v) is 5.28. The molecule has 5 nitrogen and oxygen atoms in total. The quantitative estimate of drug-likeness (QED) is 0.801. The van der Waals surface area contributed by atoms with Gasteiger partial charge in [0.2, 0.25) is 0 Å². The van der Waals surface area contributed by atoms with Crippen molar-refractivity contribution in [2.45, 2.75) is 19.5 Å². The summed E-state index contributed by atoms with van der Waals surface area (Å²) in [5.74, 6) is 0.687. The van der Waals surface area contributed by atoms with Gasteiger partial charge in [-0.3, -0.25) is 9.69 Å². The van der Waals surface area contributed by atoms with Crippen LogP contribution < -0.4 is 5.56 Å². The number of hydrogen-bond donors (Lipinski definition) is 1. The lowest BCUT2D eigenvalue weighted by atomic mass is 10.1. The minimum Gasteiger partial charge on any atom is -0.306 e. The van der Waals surface area contributed by atoms with E-state index < -0.39 is 0 Å². The normalized spacial score (nSPS) is 14.9. The number of thiazole rings is 1. The Morgan fingerprint density at radius 1 is 1.41 bits per heavy atom. The van der Waals surface area contributed by atoms with Gasteiger partial charge in [-0.15, -0.1) is 22.7 Å². The molecule has 0 atom stereocenters.